The third kappa shape index (κ3) is 5.46. The molecule has 0 bridgehead atoms. The van der Waals surface area contributed by atoms with Gasteiger partial charge in [0.15, 0.2) is 0 Å². The highest BCUT2D eigenvalue weighted by Crippen LogP contribution is 2.45. The summed E-state index contributed by atoms with van der Waals surface area (Å²) in [5.74, 6) is -0.861. The minimum atomic E-state index is -1.02. The average molecular weight is 536 g/mol. The predicted molar refractivity (Wildman–Crippen MR) is 147 cm³/mol. The summed E-state index contributed by atoms with van der Waals surface area (Å²) in [5, 5.41) is 15.4. The molecule has 202 valence electrons. The number of carbonyl (C=O) groups is 3. The number of thiazole rings is 1. The van der Waals surface area contributed by atoms with Gasteiger partial charge in [-0.1, -0.05) is 39.0 Å². The first-order valence-electron chi connectivity index (χ1n) is 13.2. The molecule has 2 fully saturated rings. The number of nitriles is 1. The monoisotopic (exact) mass is 535 g/mol. The number of benzene rings is 1. The summed E-state index contributed by atoms with van der Waals surface area (Å²) in [6.07, 6.45) is 2.31. The number of carbonyl (C=O) groups excluding carboxylic acids is 3. The second kappa shape index (κ2) is 10.5. The van der Waals surface area contributed by atoms with Crippen molar-refractivity contribution in [2.24, 2.45) is 10.8 Å². The molecule has 3 atom stereocenters. The number of aryl methyl sites for hydroxylation is 2. The van der Waals surface area contributed by atoms with E-state index in [2.05, 4.69) is 33.8 Å². The van der Waals surface area contributed by atoms with Gasteiger partial charge in [0.2, 0.25) is 17.7 Å². The quantitative estimate of drug-likeness (QED) is 0.544. The lowest BCUT2D eigenvalue weighted by atomic mass is 9.85. The van der Waals surface area contributed by atoms with Crippen molar-refractivity contribution >= 4 is 29.1 Å². The van der Waals surface area contributed by atoms with E-state index in [4.69, 9.17) is 0 Å². The Labute approximate surface area is 228 Å². The van der Waals surface area contributed by atoms with Gasteiger partial charge in [-0.05, 0) is 68.6 Å². The van der Waals surface area contributed by atoms with Gasteiger partial charge < -0.3 is 15.5 Å². The van der Waals surface area contributed by atoms with E-state index < -0.39 is 28.8 Å². The van der Waals surface area contributed by atoms with Gasteiger partial charge in [0.1, 0.15) is 17.5 Å². The molecule has 9 heteroatoms. The van der Waals surface area contributed by atoms with E-state index in [0.29, 0.717) is 32.2 Å². The Morgan fingerprint density at radius 1 is 1.21 bits per heavy atom. The lowest BCUT2D eigenvalue weighted by Crippen LogP contribution is -2.58. The number of amides is 3. The molecule has 1 aromatic heterocycles. The topological polar surface area (TPSA) is 115 Å². The van der Waals surface area contributed by atoms with Crippen LogP contribution < -0.4 is 10.6 Å². The summed E-state index contributed by atoms with van der Waals surface area (Å²) >= 11 is 1.61. The van der Waals surface area contributed by atoms with E-state index in [-0.39, 0.29) is 17.9 Å². The van der Waals surface area contributed by atoms with E-state index >= 15 is 0 Å². The molecule has 1 saturated heterocycles. The maximum absolute atomic E-state index is 13.7. The highest BCUT2D eigenvalue weighted by Gasteiger charge is 2.53. The minimum Gasteiger partial charge on any atom is -0.348 e. The Hall–Kier alpha value is -3.25. The summed E-state index contributed by atoms with van der Waals surface area (Å²) in [6.45, 7) is 12.1. The zero-order valence-corrected chi connectivity index (χ0v) is 23.9. The molecule has 8 nitrogen and oxygen atoms in total. The van der Waals surface area contributed by atoms with Gasteiger partial charge in [0.25, 0.3) is 0 Å². The van der Waals surface area contributed by atoms with Crippen LogP contribution in [0.5, 0.6) is 0 Å². The molecule has 4 rings (SSSR count). The van der Waals surface area contributed by atoms with Crippen LogP contribution in [0.1, 0.15) is 76.2 Å². The summed E-state index contributed by atoms with van der Waals surface area (Å²) in [5.41, 5.74) is 4.44. The molecule has 0 spiro atoms. The Morgan fingerprint density at radius 2 is 1.92 bits per heavy atom. The third-order valence-corrected chi connectivity index (χ3v) is 8.71. The van der Waals surface area contributed by atoms with Crippen LogP contribution in [0, 0.1) is 36.0 Å². The summed E-state index contributed by atoms with van der Waals surface area (Å²) in [7, 11) is 0. The molecule has 3 amide bonds. The number of nitrogens with zero attached hydrogens (tertiary/aromatic N) is 3. The fourth-order valence-electron chi connectivity index (χ4n) is 5.17. The van der Waals surface area contributed by atoms with E-state index in [0.717, 1.165) is 27.3 Å². The van der Waals surface area contributed by atoms with Crippen molar-refractivity contribution in [1.82, 2.24) is 20.5 Å². The van der Waals surface area contributed by atoms with Crippen molar-refractivity contribution in [3.8, 4) is 16.5 Å². The molecule has 2 unspecified atom stereocenters. The van der Waals surface area contributed by atoms with Crippen LogP contribution in [0.25, 0.3) is 10.4 Å². The normalized spacial score (nSPS) is 19.8. The van der Waals surface area contributed by atoms with E-state index in [9.17, 15) is 19.6 Å². The first kappa shape index (κ1) is 27.8. The van der Waals surface area contributed by atoms with Crippen molar-refractivity contribution in [1.29, 1.82) is 5.26 Å². The van der Waals surface area contributed by atoms with Gasteiger partial charge >= 0.3 is 0 Å². The SMILES string of the molecule is Cc1cc(-c2scnc2C)ccc1C(C)NC(=O)C1CCCN1C(=O)[C@@H](NC(=O)C1(C#N)CC1)C(C)(C)C. The molecule has 1 saturated carbocycles. The number of hydrogen-bond acceptors (Lipinski definition) is 6. The second-order valence-electron chi connectivity index (χ2n) is 11.7. The van der Waals surface area contributed by atoms with E-state index in [1.54, 1.807) is 16.2 Å². The largest absolute Gasteiger partial charge is 0.348 e. The maximum atomic E-state index is 13.7. The fourth-order valence-corrected chi connectivity index (χ4v) is 5.97. The highest BCUT2D eigenvalue weighted by atomic mass is 32.1. The number of hydrogen-bond donors (Lipinski definition) is 2. The molecule has 1 aromatic carbocycles. The van der Waals surface area contributed by atoms with Crippen molar-refractivity contribution in [3.63, 3.8) is 0 Å². The van der Waals surface area contributed by atoms with Crippen molar-refractivity contribution in [3.05, 3.63) is 40.5 Å². The Bertz CT molecular complexity index is 1280. The first-order chi connectivity index (χ1) is 17.9. The summed E-state index contributed by atoms with van der Waals surface area (Å²) < 4.78 is 0. The van der Waals surface area contributed by atoms with E-state index in [1.165, 1.54) is 0 Å². The highest BCUT2D eigenvalue weighted by molar-refractivity contribution is 7.13. The lowest BCUT2D eigenvalue weighted by molar-refractivity contribution is -0.144. The molecule has 2 aliphatic rings. The molecule has 1 aliphatic heterocycles. The molecule has 1 aliphatic carbocycles. The van der Waals surface area contributed by atoms with Crippen molar-refractivity contribution < 1.29 is 14.4 Å². The van der Waals surface area contributed by atoms with Gasteiger partial charge in [0.05, 0.1) is 28.2 Å². The first-order valence-corrected chi connectivity index (χ1v) is 14.1. The van der Waals surface area contributed by atoms with Gasteiger partial charge in [-0.2, -0.15) is 5.26 Å². The van der Waals surface area contributed by atoms with Crippen LogP contribution in [-0.4, -0.2) is 46.2 Å². The molecular formula is C29H37N5O3S. The smallest absolute Gasteiger partial charge is 0.246 e. The molecule has 2 aromatic rings. The predicted octanol–water partition coefficient (Wildman–Crippen LogP) is 4.43. The third-order valence-electron chi connectivity index (χ3n) is 7.73. The van der Waals surface area contributed by atoms with Crippen LogP contribution in [0.3, 0.4) is 0 Å². The number of likely N-dealkylation sites (tertiary alicyclic amines) is 1. The molecule has 0 radical (unpaired) electrons. The Balaban J connectivity index is 1.46. The summed E-state index contributed by atoms with van der Waals surface area (Å²) in [6, 6.07) is 6.66. The molecule has 38 heavy (non-hydrogen) atoms. The number of rotatable bonds is 7. The molecule has 2 N–H and O–H groups in total. The lowest BCUT2D eigenvalue weighted by Gasteiger charge is -2.36. The number of nitrogens with one attached hydrogen (secondary N) is 2. The molecular weight excluding hydrogens is 498 g/mol. The summed E-state index contributed by atoms with van der Waals surface area (Å²) in [4.78, 5) is 47.0. The molecule has 2 heterocycles. The Kier molecular flexibility index (Phi) is 7.67. The van der Waals surface area contributed by atoms with Crippen LogP contribution in [0.2, 0.25) is 0 Å². The number of aromatic nitrogens is 1. The second-order valence-corrected chi connectivity index (χ2v) is 12.6. The average Bonchev–Trinajstić information content (AvgIpc) is 3.28. The maximum Gasteiger partial charge on any atom is 0.246 e. The Morgan fingerprint density at radius 3 is 2.47 bits per heavy atom. The zero-order valence-electron chi connectivity index (χ0n) is 23.1. The minimum absolute atomic E-state index is 0.195. The van der Waals surface area contributed by atoms with Crippen molar-refractivity contribution in [2.75, 3.05) is 6.54 Å². The van der Waals surface area contributed by atoms with Gasteiger partial charge in [0, 0.05) is 6.54 Å². The van der Waals surface area contributed by atoms with Gasteiger partial charge in [-0.25, -0.2) is 4.98 Å². The fraction of sp³-hybridized carbons (Fsp3) is 0.552. The van der Waals surface area contributed by atoms with Crippen LogP contribution in [-0.2, 0) is 14.4 Å². The van der Waals surface area contributed by atoms with E-state index in [1.807, 2.05) is 53.1 Å². The zero-order chi connectivity index (χ0) is 27.8. The van der Waals surface area contributed by atoms with Gasteiger partial charge in [-0.15, -0.1) is 11.3 Å². The van der Waals surface area contributed by atoms with Crippen molar-refractivity contribution in [2.45, 2.75) is 85.4 Å². The van der Waals surface area contributed by atoms with Gasteiger partial charge in [-0.3, -0.25) is 14.4 Å². The van der Waals surface area contributed by atoms with Crippen LogP contribution in [0.4, 0.5) is 0 Å². The standard InChI is InChI=1S/C29H37N5O3S/c1-17-14-20(23-19(3)31-16-38-23)9-10-21(17)18(2)32-25(35)22-8-7-13-34(22)26(36)24(28(4,5)6)33-27(37)29(15-30)11-12-29/h9-10,14,16,18,22,24H,7-8,11-13H2,1-6H3,(H,32,35)(H,33,37)/t18?,22?,24-/m1/s1. The van der Waals surface area contributed by atoms with Crippen LogP contribution >= 0.6 is 11.3 Å². The van der Waals surface area contributed by atoms with Crippen LogP contribution in [0.15, 0.2) is 23.7 Å².